The van der Waals surface area contributed by atoms with Gasteiger partial charge in [0.05, 0.1) is 0 Å². The molecule has 1 heteroatoms. The fourth-order valence-corrected chi connectivity index (χ4v) is 1.19. The van der Waals surface area contributed by atoms with Crippen LogP contribution in [-0.4, -0.2) is 0 Å². The number of unbranched alkanes of at least 4 members (excludes halogenated alkanes) is 6. The van der Waals surface area contributed by atoms with Gasteiger partial charge >= 0.3 is 21.7 Å². The summed E-state index contributed by atoms with van der Waals surface area (Å²) in [6.07, 6.45) is 20.1. The van der Waals surface area contributed by atoms with Gasteiger partial charge in [0.2, 0.25) is 0 Å². The molecule has 0 saturated heterocycles. The van der Waals surface area contributed by atoms with Crippen molar-refractivity contribution in [2.75, 3.05) is 0 Å². The summed E-state index contributed by atoms with van der Waals surface area (Å²) in [5.74, 6) is 0. The average Bonchev–Trinajstić information content (AvgIpc) is 2.93. The second kappa shape index (κ2) is 25.9. The van der Waals surface area contributed by atoms with Gasteiger partial charge in [-0.2, -0.15) is 18.9 Å². The van der Waals surface area contributed by atoms with Crippen molar-refractivity contribution >= 4 is 0 Å². The van der Waals surface area contributed by atoms with E-state index in [0.717, 1.165) is 19.3 Å². The van der Waals surface area contributed by atoms with Crippen LogP contribution in [0.2, 0.25) is 0 Å². The summed E-state index contributed by atoms with van der Waals surface area (Å²) in [7, 11) is 0. The molecule has 1 aliphatic rings. The molecule has 0 nitrogen and oxygen atoms in total. The molecule has 0 atom stereocenters. The zero-order valence-electron chi connectivity index (χ0n) is 12.5. The van der Waals surface area contributed by atoms with Crippen molar-refractivity contribution in [1.29, 1.82) is 0 Å². The molecule has 18 heavy (non-hydrogen) atoms. The molecule has 0 bridgehead atoms. The molecule has 103 valence electrons. The Kier molecular flexibility index (Phi) is 33.5. The summed E-state index contributed by atoms with van der Waals surface area (Å²) in [5.41, 5.74) is 0. The molecule has 0 N–H and O–H groups in total. The molecule has 0 fully saturated rings. The van der Waals surface area contributed by atoms with Crippen LogP contribution < -0.4 is 0 Å². The first-order chi connectivity index (χ1) is 8.33. The van der Waals surface area contributed by atoms with E-state index >= 15 is 0 Å². The fourth-order valence-electron chi connectivity index (χ4n) is 1.19. The zero-order valence-corrected chi connectivity index (χ0v) is 14.1. The third-order valence-corrected chi connectivity index (χ3v) is 2.29. The topological polar surface area (TPSA) is 0 Å². The monoisotopic (exact) mass is 283 g/mol. The van der Waals surface area contributed by atoms with E-state index in [0.29, 0.717) is 0 Å². The Balaban J connectivity index is -0.000000183. The van der Waals surface area contributed by atoms with Crippen LogP contribution in [0.3, 0.4) is 0 Å². The van der Waals surface area contributed by atoms with Crippen LogP contribution in [0.5, 0.6) is 0 Å². The van der Waals surface area contributed by atoms with Gasteiger partial charge in [0.1, 0.15) is 0 Å². The second-order valence-electron chi connectivity index (χ2n) is 4.12. The van der Waals surface area contributed by atoms with Crippen LogP contribution in [0.15, 0.2) is 18.2 Å². The molecule has 0 aromatic carbocycles. The predicted octanol–water partition coefficient (Wildman–Crippen LogP) is 6.10. The van der Waals surface area contributed by atoms with Gasteiger partial charge in [-0.15, -0.1) is 6.42 Å². The molecular formula is C17H31Ti. The third-order valence-electron chi connectivity index (χ3n) is 2.29. The first-order valence-corrected chi connectivity index (χ1v) is 7.13. The standard InChI is InChI=1S/2C6H13.C5H5.Ti/c2*1-3-5-6-4-2;1-2-4-5-3-1;/h2*1,3-6H2,2H3;1-3H,4H2;/q3*-1;+3. The summed E-state index contributed by atoms with van der Waals surface area (Å²) in [6, 6.07) is 0. The Labute approximate surface area is 131 Å². The number of hydrogen-bond acceptors (Lipinski definition) is 0. The van der Waals surface area contributed by atoms with Crippen molar-refractivity contribution in [2.45, 2.75) is 71.6 Å². The summed E-state index contributed by atoms with van der Waals surface area (Å²) in [6.45, 7) is 11.9. The molecule has 0 aliphatic heterocycles. The second-order valence-corrected chi connectivity index (χ2v) is 4.12. The Bertz CT molecular complexity index is 133. The van der Waals surface area contributed by atoms with Crippen LogP contribution in [0, 0.1) is 19.9 Å². The van der Waals surface area contributed by atoms with Crippen molar-refractivity contribution in [3.05, 3.63) is 38.2 Å². The van der Waals surface area contributed by atoms with Gasteiger partial charge in [0.15, 0.2) is 0 Å². The van der Waals surface area contributed by atoms with Gasteiger partial charge < -0.3 is 13.8 Å². The van der Waals surface area contributed by atoms with E-state index in [1.165, 1.54) is 38.5 Å². The number of rotatable bonds is 6. The van der Waals surface area contributed by atoms with Crippen LogP contribution in [0.4, 0.5) is 0 Å². The summed E-state index contributed by atoms with van der Waals surface area (Å²) < 4.78 is 0. The van der Waals surface area contributed by atoms with E-state index < -0.39 is 0 Å². The average molecular weight is 283 g/mol. The van der Waals surface area contributed by atoms with Crippen LogP contribution >= 0.6 is 0 Å². The molecule has 0 aromatic heterocycles. The number of allylic oxidation sites excluding steroid dienone is 4. The maximum atomic E-state index is 3.72. The fraction of sp³-hybridized carbons (Fsp3) is 0.647. The van der Waals surface area contributed by atoms with Crippen molar-refractivity contribution in [1.82, 2.24) is 0 Å². The summed E-state index contributed by atoms with van der Waals surface area (Å²) >= 11 is 0. The van der Waals surface area contributed by atoms with Gasteiger partial charge in [-0.05, 0) is 0 Å². The van der Waals surface area contributed by atoms with Crippen molar-refractivity contribution in [2.24, 2.45) is 0 Å². The van der Waals surface area contributed by atoms with Crippen LogP contribution in [-0.2, 0) is 21.7 Å². The minimum atomic E-state index is 0. The Morgan fingerprint density at radius 3 is 1.56 bits per heavy atom. The summed E-state index contributed by atoms with van der Waals surface area (Å²) in [5, 5.41) is 0. The van der Waals surface area contributed by atoms with Gasteiger partial charge in [-0.25, -0.2) is 12.2 Å². The van der Waals surface area contributed by atoms with E-state index in [1.54, 1.807) is 0 Å². The zero-order chi connectivity index (χ0) is 13.2. The first-order valence-electron chi connectivity index (χ1n) is 7.13. The van der Waals surface area contributed by atoms with Gasteiger partial charge in [-0.1, -0.05) is 52.4 Å². The SMILES string of the molecule is [C-]1=CC=CC1.[CH2-]CCCCC.[CH2-]CCCCC.[Ti+3]. The maximum Gasteiger partial charge on any atom is 3.00 e. The normalized spacial score (nSPS) is 10.9. The van der Waals surface area contributed by atoms with Gasteiger partial charge in [0, 0.05) is 0 Å². The van der Waals surface area contributed by atoms with Crippen molar-refractivity contribution < 1.29 is 21.7 Å². The minimum Gasteiger partial charge on any atom is -0.343 e. The first kappa shape index (κ1) is 23.3. The molecule has 0 amide bonds. The van der Waals surface area contributed by atoms with E-state index in [4.69, 9.17) is 0 Å². The molecule has 0 unspecified atom stereocenters. The molecule has 1 aliphatic carbocycles. The molecule has 0 heterocycles. The molecule has 0 spiro atoms. The third kappa shape index (κ3) is 29.8. The maximum absolute atomic E-state index is 3.72. The Hall–Kier alpha value is 0.194. The number of hydrogen-bond donors (Lipinski definition) is 0. The van der Waals surface area contributed by atoms with Gasteiger partial charge in [0.25, 0.3) is 0 Å². The largest absolute Gasteiger partial charge is 3.00 e. The van der Waals surface area contributed by atoms with Crippen LogP contribution in [0.25, 0.3) is 0 Å². The van der Waals surface area contributed by atoms with E-state index in [2.05, 4.69) is 39.8 Å². The minimum absolute atomic E-state index is 0. The van der Waals surface area contributed by atoms with Gasteiger partial charge in [-0.3, -0.25) is 6.08 Å². The molecular weight excluding hydrogens is 252 g/mol. The Morgan fingerprint density at radius 1 is 0.944 bits per heavy atom. The molecule has 0 aromatic rings. The molecule has 0 saturated carbocycles. The van der Waals surface area contributed by atoms with Crippen molar-refractivity contribution in [3.63, 3.8) is 0 Å². The van der Waals surface area contributed by atoms with E-state index in [-0.39, 0.29) is 21.7 Å². The molecule has 1 rings (SSSR count). The predicted molar refractivity (Wildman–Crippen MR) is 80.6 cm³/mol. The van der Waals surface area contributed by atoms with E-state index in [9.17, 15) is 0 Å². The Morgan fingerprint density at radius 2 is 1.44 bits per heavy atom. The summed E-state index contributed by atoms with van der Waals surface area (Å²) in [4.78, 5) is 0. The van der Waals surface area contributed by atoms with Crippen molar-refractivity contribution in [3.8, 4) is 0 Å². The smallest absolute Gasteiger partial charge is 0.343 e. The quantitative estimate of drug-likeness (QED) is 0.313. The molecule has 1 radical (unpaired) electrons. The van der Waals surface area contributed by atoms with Crippen LogP contribution in [0.1, 0.15) is 71.6 Å². The van der Waals surface area contributed by atoms with E-state index in [1.807, 2.05) is 12.2 Å².